The summed E-state index contributed by atoms with van der Waals surface area (Å²) in [5, 5.41) is 20.4. The van der Waals surface area contributed by atoms with Crippen LogP contribution in [0.4, 0.5) is 21.0 Å². The van der Waals surface area contributed by atoms with Gasteiger partial charge in [0.05, 0.1) is 10.4 Å². The number of nitrogens with zero attached hydrogens (tertiary/aromatic N) is 2. The molecule has 11 heteroatoms. The molecule has 0 aromatic heterocycles. The first kappa shape index (κ1) is 24.1. The lowest BCUT2D eigenvalue weighted by Gasteiger charge is -2.36. The topological polar surface area (TPSA) is 96.9 Å². The molecule has 1 aliphatic rings. The van der Waals surface area contributed by atoms with E-state index < -0.39 is 23.0 Å². The number of thiocarbonyl (C=S) groups is 1. The van der Waals surface area contributed by atoms with Crippen LogP contribution in [0.3, 0.4) is 0 Å². The molecule has 3 aromatic rings. The zero-order valence-electron chi connectivity index (χ0n) is 18.3. The number of rotatable bonds is 4. The number of hydrazine groups is 1. The highest BCUT2D eigenvalue weighted by Gasteiger charge is 2.50. The van der Waals surface area contributed by atoms with Crippen molar-refractivity contribution in [1.29, 1.82) is 0 Å². The van der Waals surface area contributed by atoms with Gasteiger partial charge < -0.3 is 10.6 Å². The SMILES string of the molecule is CC1(C)SC(=S)N(NC(=O)Nc2cccc(Cl)c2)[C@H]1N(O)C(=O)Nc1cccc2ccccc12. The molecule has 0 bridgehead atoms. The van der Waals surface area contributed by atoms with Crippen molar-refractivity contribution in [3.63, 3.8) is 0 Å². The molecular formula is C23H22ClN5O3S2. The van der Waals surface area contributed by atoms with Gasteiger partial charge in [-0.05, 0) is 43.5 Å². The van der Waals surface area contributed by atoms with Crippen LogP contribution in [-0.2, 0) is 0 Å². The fourth-order valence-corrected chi connectivity index (χ4v) is 5.69. The Balaban J connectivity index is 1.52. The molecule has 34 heavy (non-hydrogen) atoms. The van der Waals surface area contributed by atoms with Gasteiger partial charge in [0.15, 0.2) is 10.5 Å². The van der Waals surface area contributed by atoms with Crippen molar-refractivity contribution in [3.8, 4) is 0 Å². The average Bonchev–Trinajstić information content (AvgIpc) is 3.00. The summed E-state index contributed by atoms with van der Waals surface area (Å²) in [5.41, 5.74) is 3.66. The normalized spacial score (nSPS) is 16.9. The predicted octanol–water partition coefficient (Wildman–Crippen LogP) is 5.89. The summed E-state index contributed by atoms with van der Waals surface area (Å²) in [4.78, 5) is 25.7. The van der Waals surface area contributed by atoms with E-state index in [0.717, 1.165) is 10.8 Å². The maximum Gasteiger partial charge on any atom is 0.347 e. The van der Waals surface area contributed by atoms with E-state index in [1.165, 1.54) is 16.8 Å². The van der Waals surface area contributed by atoms with Gasteiger partial charge in [-0.25, -0.2) is 20.0 Å². The molecule has 176 valence electrons. The lowest BCUT2D eigenvalue weighted by molar-refractivity contribution is -0.120. The van der Waals surface area contributed by atoms with Gasteiger partial charge in [0.1, 0.15) is 0 Å². The van der Waals surface area contributed by atoms with E-state index in [9.17, 15) is 14.8 Å². The van der Waals surface area contributed by atoms with Crippen molar-refractivity contribution < 1.29 is 14.8 Å². The summed E-state index contributed by atoms with van der Waals surface area (Å²) in [6.07, 6.45) is -0.981. The van der Waals surface area contributed by atoms with Gasteiger partial charge >= 0.3 is 12.1 Å². The molecule has 0 radical (unpaired) electrons. The number of fused-ring (bicyclic) bond motifs is 1. The lowest BCUT2D eigenvalue weighted by atomic mass is 10.1. The van der Waals surface area contributed by atoms with Gasteiger partial charge in [-0.2, -0.15) is 5.06 Å². The molecule has 3 aromatic carbocycles. The standard InChI is InChI=1S/C23H22ClN5O3S2/c1-23(2)19(28(22(33)34-23)27-20(30)25-16-10-6-9-15(24)13-16)29(32)21(31)26-18-12-5-8-14-7-3-4-11-17(14)18/h3-13,19,32H,1-2H3,(H,26,31)(H2,25,27,30)/t19-/m0/s1. The molecule has 1 saturated heterocycles. The van der Waals surface area contributed by atoms with E-state index in [-0.39, 0.29) is 0 Å². The van der Waals surface area contributed by atoms with Gasteiger partial charge in [-0.3, -0.25) is 5.21 Å². The highest BCUT2D eigenvalue weighted by Crippen LogP contribution is 2.41. The highest BCUT2D eigenvalue weighted by atomic mass is 35.5. The van der Waals surface area contributed by atoms with Crippen molar-refractivity contribution >= 4 is 74.1 Å². The maximum absolute atomic E-state index is 13.0. The minimum Gasteiger partial charge on any atom is -0.307 e. The molecule has 1 atom stereocenters. The fourth-order valence-electron chi connectivity index (χ4n) is 3.70. The van der Waals surface area contributed by atoms with Gasteiger partial charge in [-0.15, -0.1) is 0 Å². The fraction of sp³-hybridized carbons (Fsp3) is 0.174. The van der Waals surface area contributed by atoms with E-state index in [2.05, 4.69) is 16.1 Å². The number of hydrogen-bond acceptors (Lipinski definition) is 5. The summed E-state index contributed by atoms with van der Waals surface area (Å²) < 4.78 is -0.432. The number of carbonyl (C=O) groups excluding carboxylic acids is 2. The molecule has 4 N–H and O–H groups in total. The smallest absolute Gasteiger partial charge is 0.307 e. The number of hydrogen-bond donors (Lipinski definition) is 4. The van der Waals surface area contributed by atoms with E-state index in [1.54, 1.807) is 30.3 Å². The highest BCUT2D eigenvalue weighted by molar-refractivity contribution is 8.24. The number of halogens is 1. The van der Waals surface area contributed by atoms with Crippen LogP contribution < -0.4 is 16.1 Å². The number of thioether (sulfide) groups is 1. The number of benzene rings is 3. The first-order valence-electron chi connectivity index (χ1n) is 10.3. The van der Waals surface area contributed by atoms with Gasteiger partial charge in [0.2, 0.25) is 0 Å². The van der Waals surface area contributed by atoms with Crippen LogP contribution in [-0.4, -0.2) is 42.6 Å². The Morgan fingerprint density at radius 1 is 1.09 bits per heavy atom. The third-order valence-electron chi connectivity index (χ3n) is 5.19. The first-order chi connectivity index (χ1) is 16.2. The van der Waals surface area contributed by atoms with E-state index >= 15 is 0 Å². The molecule has 4 amide bonds. The van der Waals surface area contributed by atoms with Crippen LogP contribution in [0.1, 0.15) is 13.8 Å². The number of hydroxylamine groups is 2. The van der Waals surface area contributed by atoms with Crippen LogP contribution in [0.25, 0.3) is 10.8 Å². The quantitative estimate of drug-likeness (QED) is 0.196. The minimum absolute atomic E-state index is 0.299. The number of anilines is 2. The summed E-state index contributed by atoms with van der Waals surface area (Å²) >= 11 is 12.7. The predicted molar refractivity (Wildman–Crippen MR) is 140 cm³/mol. The Morgan fingerprint density at radius 3 is 2.56 bits per heavy atom. The number of urea groups is 2. The van der Waals surface area contributed by atoms with E-state index in [4.69, 9.17) is 23.8 Å². The van der Waals surface area contributed by atoms with Crippen molar-refractivity contribution in [2.24, 2.45) is 0 Å². The maximum atomic E-state index is 13.0. The lowest BCUT2D eigenvalue weighted by Crippen LogP contribution is -2.60. The summed E-state index contributed by atoms with van der Waals surface area (Å²) in [6, 6.07) is 18.4. The molecule has 1 aliphatic heterocycles. The summed E-state index contributed by atoms with van der Waals surface area (Å²) in [5.74, 6) is 0. The molecule has 0 aliphatic carbocycles. The Labute approximate surface area is 211 Å². The van der Waals surface area contributed by atoms with E-state index in [1.807, 2.05) is 50.2 Å². The molecular weight excluding hydrogens is 494 g/mol. The Kier molecular flexibility index (Phi) is 6.85. The number of nitrogens with one attached hydrogen (secondary N) is 3. The summed E-state index contributed by atoms with van der Waals surface area (Å²) in [6.45, 7) is 3.64. The van der Waals surface area contributed by atoms with Gasteiger partial charge in [0, 0.05) is 16.1 Å². The zero-order valence-corrected chi connectivity index (χ0v) is 20.7. The monoisotopic (exact) mass is 515 g/mol. The van der Waals surface area contributed by atoms with Gasteiger partial charge in [0.25, 0.3) is 0 Å². The van der Waals surface area contributed by atoms with Crippen molar-refractivity contribution in [2.75, 3.05) is 10.6 Å². The van der Waals surface area contributed by atoms with Crippen molar-refractivity contribution in [3.05, 3.63) is 71.8 Å². The second kappa shape index (κ2) is 9.67. The van der Waals surface area contributed by atoms with Crippen LogP contribution >= 0.6 is 35.6 Å². The summed E-state index contributed by atoms with van der Waals surface area (Å²) in [7, 11) is 0. The largest absolute Gasteiger partial charge is 0.347 e. The number of carbonyl (C=O) groups is 2. The Bertz CT molecular complexity index is 1270. The van der Waals surface area contributed by atoms with E-state index in [0.29, 0.717) is 25.8 Å². The molecule has 8 nitrogen and oxygen atoms in total. The van der Waals surface area contributed by atoms with Crippen LogP contribution in [0.15, 0.2) is 66.7 Å². The van der Waals surface area contributed by atoms with Crippen molar-refractivity contribution in [2.45, 2.75) is 24.8 Å². The minimum atomic E-state index is -0.981. The van der Waals surface area contributed by atoms with Crippen LogP contribution in [0.2, 0.25) is 5.02 Å². The van der Waals surface area contributed by atoms with Crippen LogP contribution in [0, 0.1) is 0 Å². The molecule has 0 spiro atoms. The zero-order chi connectivity index (χ0) is 24.5. The molecule has 1 fully saturated rings. The van der Waals surface area contributed by atoms with Crippen molar-refractivity contribution in [1.82, 2.24) is 15.5 Å². The molecule has 0 unspecified atom stereocenters. The van der Waals surface area contributed by atoms with Crippen LogP contribution in [0.5, 0.6) is 0 Å². The first-order valence-corrected chi connectivity index (χ1v) is 11.9. The molecule has 4 rings (SSSR count). The second-order valence-electron chi connectivity index (χ2n) is 8.09. The third-order valence-corrected chi connectivity index (χ3v) is 6.98. The van der Waals surface area contributed by atoms with Gasteiger partial charge in [-0.1, -0.05) is 78.0 Å². The molecule has 0 saturated carbocycles. The average molecular weight is 516 g/mol. The third kappa shape index (κ3) is 5.05. The Morgan fingerprint density at radius 2 is 1.79 bits per heavy atom. The second-order valence-corrected chi connectivity index (χ2v) is 10.8. The number of amides is 4. The molecule has 1 heterocycles. The Hall–Kier alpha value is -3.05.